The number of nitrogens with two attached hydrogens (primary N) is 1. The van der Waals surface area contributed by atoms with Crippen molar-refractivity contribution < 1.29 is 13.2 Å². The fourth-order valence-electron chi connectivity index (χ4n) is 1.18. The van der Waals surface area contributed by atoms with Crippen LogP contribution in [0.25, 0.3) is 0 Å². The average molecular weight is 272 g/mol. The second kappa shape index (κ2) is 6.43. The van der Waals surface area contributed by atoms with E-state index in [-0.39, 0.29) is 24.7 Å². The van der Waals surface area contributed by atoms with E-state index in [4.69, 9.17) is 5.73 Å². The Labute approximate surface area is 106 Å². The predicted octanol–water partition coefficient (Wildman–Crippen LogP) is -1.18. The zero-order chi connectivity index (χ0) is 13.6. The quantitative estimate of drug-likeness (QED) is 0.564. The van der Waals surface area contributed by atoms with Crippen LogP contribution in [-0.4, -0.2) is 38.7 Å². The van der Waals surface area contributed by atoms with Crippen LogP contribution < -0.4 is 15.8 Å². The molecule has 0 fully saturated rings. The maximum Gasteiger partial charge on any atom is 0.269 e. The number of hydrogen-bond acceptors (Lipinski definition) is 5. The number of nitrogens with zero attached hydrogens (tertiary/aromatic N) is 1. The van der Waals surface area contributed by atoms with E-state index in [1.165, 1.54) is 6.20 Å². The molecule has 0 radical (unpaired) electrons. The third kappa shape index (κ3) is 5.21. The summed E-state index contributed by atoms with van der Waals surface area (Å²) >= 11 is 0. The lowest BCUT2D eigenvalue weighted by Crippen LogP contribution is -2.34. The normalized spacial score (nSPS) is 11.2. The Hall–Kier alpha value is -1.51. The Morgan fingerprint density at radius 1 is 1.39 bits per heavy atom. The summed E-state index contributed by atoms with van der Waals surface area (Å²) in [7, 11) is -3.23. The number of nitrogens with one attached hydrogen (secondary N) is 2. The highest BCUT2D eigenvalue weighted by Gasteiger charge is 2.06. The van der Waals surface area contributed by atoms with Crippen molar-refractivity contribution in [2.75, 3.05) is 19.3 Å². The van der Waals surface area contributed by atoms with Crippen molar-refractivity contribution in [3.05, 3.63) is 29.6 Å². The van der Waals surface area contributed by atoms with Gasteiger partial charge in [-0.3, -0.25) is 9.78 Å². The SMILES string of the molecule is CS(=O)(=O)NCCNC(=O)c1ccc(CN)cn1. The highest BCUT2D eigenvalue weighted by molar-refractivity contribution is 7.88. The van der Waals surface area contributed by atoms with E-state index in [2.05, 4.69) is 15.0 Å². The Balaban J connectivity index is 2.40. The maximum absolute atomic E-state index is 11.6. The van der Waals surface area contributed by atoms with E-state index in [9.17, 15) is 13.2 Å². The molecule has 0 aliphatic carbocycles. The van der Waals surface area contributed by atoms with E-state index in [1.54, 1.807) is 12.1 Å². The summed E-state index contributed by atoms with van der Waals surface area (Å²) in [6.45, 7) is 0.713. The van der Waals surface area contributed by atoms with Crippen LogP contribution in [0.1, 0.15) is 16.1 Å². The highest BCUT2D eigenvalue weighted by atomic mass is 32.2. The third-order valence-electron chi connectivity index (χ3n) is 2.07. The Kier molecular flexibility index (Phi) is 5.20. The fraction of sp³-hybridized carbons (Fsp3) is 0.400. The summed E-state index contributed by atoms with van der Waals surface area (Å²) in [5, 5.41) is 2.55. The number of carbonyl (C=O) groups excluding carboxylic acids is 1. The van der Waals surface area contributed by atoms with Crippen molar-refractivity contribution in [3.63, 3.8) is 0 Å². The lowest BCUT2D eigenvalue weighted by Gasteiger charge is -2.05. The molecule has 1 aromatic rings. The van der Waals surface area contributed by atoms with Crippen LogP contribution in [0.3, 0.4) is 0 Å². The summed E-state index contributed by atoms with van der Waals surface area (Å²) < 4.78 is 23.8. The molecule has 0 atom stereocenters. The van der Waals surface area contributed by atoms with E-state index < -0.39 is 10.0 Å². The van der Waals surface area contributed by atoms with Crippen LogP contribution in [0, 0.1) is 0 Å². The standard InChI is InChI=1S/C10H16N4O3S/c1-18(16,17)14-5-4-12-10(15)9-3-2-8(6-11)7-13-9/h2-3,7,14H,4-6,11H2,1H3,(H,12,15). The molecule has 0 aliphatic heterocycles. The van der Waals surface area contributed by atoms with Crippen molar-refractivity contribution in [1.82, 2.24) is 15.0 Å². The number of amides is 1. The van der Waals surface area contributed by atoms with Gasteiger partial charge in [0, 0.05) is 25.8 Å². The van der Waals surface area contributed by atoms with Crippen molar-refractivity contribution in [1.29, 1.82) is 0 Å². The molecule has 0 saturated carbocycles. The van der Waals surface area contributed by atoms with Gasteiger partial charge in [0.15, 0.2) is 0 Å². The van der Waals surface area contributed by atoms with E-state index in [0.29, 0.717) is 6.54 Å². The summed E-state index contributed by atoms with van der Waals surface area (Å²) in [4.78, 5) is 15.5. The molecular formula is C10H16N4O3S. The third-order valence-corrected chi connectivity index (χ3v) is 2.80. The van der Waals surface area contributed by atoms with E-state index in [0.717, 1.165) is 11.8 Å². The lowest BCUT2D eigenvalue weighted by atomic mass is 10.2. The number of aromatic nitrogens is 1. The molecule has 0 spiro atoms. The second-order valence-corrected chi connectivity index (χ2v) is 5.51. The van der Waals surface area contributed by atoms with Crippen LogP contribution in [-0.2, 0) is 16.6 Å². The van der Waals surface area contributed by atoms with Crippen LogP contribution in [0.2, 0.25) is 0 Å². The molecule has 0 bridgehead atoms. The summed E-state index contributed by atoms with van der Waals surface area (Å²) in [6, 6.07) is 3.29. The van der Waals surface area contributed by atoms with Crippen molar-refractivity contribution in [3.8, 4) is 0 Å². The molecule has 8 heteroatoms. The van der Waals surface area contributed by atoms with Gasteiger partial charge in [-0.25, -0.2) is 13.1 Å². The summed E-state index contributed by atoms with van der Waals surface area (Å²) in [5.41, 5.74) is 6.52. The Morgan fingerprint density at radius 2 is 2.11 bits per heavy atom. The minimum atomic E-state index is -3.23. The van der Waals surface area contributed by atoms with Gasteiger partial charge >= 0.3 is 0 Å². The van der Waals surface area contributed by atoms with Gasteiger partial charge in [-0.15, -0.1) is 0 Å². The van der Waals surface area contributed by atoms with Gasteiger partial charge in [-0.05, 0) is 11.6 Å². The largest absolute Gasteiger partial charge is 0.349 e. The molecule has 0 saturated heterocycles. The molecule has 1 heterocycles. The molecule has 1 amide bonds. The second-order valence-electron chi connectivity index (χ2n) is 3.68. The van der Waals surface area contributed by atoms with Gasteiger partial charge in [-0.1, -0.05) is 6.07 Å². The van der Waals surface area contributed by atoms with Gasteiger partial charge in [0.05, 0.1) is 6.26 Å². The first-order chi connectivity index (χ1) is 8.42. The average Bonchev–Trinajstić information content (AvgIpc) is 2.33. The minimum Gasteiger partial charge on any atom is -0.349 e. The predicted molar refractivity (Wildman–Crippen MR) is 67.3 cm³/mol. The monoisotopic (exact) mass is 272 g/mol. The smallest absolute Gasteiger partial charge is 0.269 e. The van der Waals surface area contributed by atoms with Crippen molar-refractivity contribution in [2.45, 2.75) is 6.54 Å². The summed E-state index contributed by atoms with van der Waals surface area (Å²) in [6.07, 6.45) is 2.59. The zero-order valence-electron chi connectivity index (χ0n) is 10.0. The highest BCUT2D eigenvalue weighted by Crippen LogP contribution is 1.98. The van der Waals surface area contributed by atoms with Gasteiger partial charge < -0.3 is 11.1 Å². The molecule has 100 valence electrons. The molecule has 0 aliphatic rings. The van der Waals surface area contributed by atoms with Crippen LogP contribution in [0.4, 0.5) is 0 Å². The first-order valence-electron chi connectivity index (χ1n) is 5.30. The van der Waals surface area contributed by atoms with Crippen LogP contribution in [0.5, 0.6) is 0 Å². The molecule has 18 heavy (non-hydrogen) atoms. The van der Waals surface area contributed by atoms with E-state index in [1.807, 2.05) is 0 Å². The number of rotatable bonds is 6. The Bertz CT molecular complexity index is 498. The minimum absolute atomic E-state index is 0.144. The maximum atomic E-state index is 11.6. The van der Waals surface area contributed by atoms with Crippen molar-refractivity contribution >= 4 is 15.9 Å². The van der Waals surface area contributed by atoms with Crippen LogP contribution in [0.15, 0.2) is 18.3 Å². The Morgan fingerprint density at radius 3 is 2.61 bits per heavy atom. The number of hydrogen-bond donors (Lipinski definition) is 3. The molecule has 0 unspecified atom stereocenters. The van der Waals surface area contributed by atoms with Crippen LogP contribution >= 0.6 is 0 Å². The van der Waals surface area contributed by atoms with Gasteiger partial charge in [-0.2, -0.15) is 0 Å². The van der Waals surface area contributed by atoms with Gasteiger partial charge in [0.2, 0.25) is 10.0 Å². The number of carbonyl (C=O) groups is 1. The lowest BCUT2D eigenvalue weighted by molar-refractivity contribution is 0.0949. The first-order valence-corrected chi connectivity index (χ1v) is 7.19. The fourth-order valence-corrected chi connectivity index (χ4v) is 1.66. The number of pyridine rings is 1. The first kappa shape index (κ1) is 14.6. The zero-order valence-corrected chi connectivity index (χ0v) is 10.8. The molecule has 1 rings (SSSR count). The van der Waals surface area contributed by atoms with E-state index >= 15 is 0 Å². The molecular weight excluding hydrogens is 256 g/mol. The van der Waals surface area contributed by atoms with Gasteiger partial charge in [0.25, 0.3) is 5.91 Å². The molecule has 7 nitrogen and oxygen atoms in total. The molecule has 1 aromatic heterocycles. The molecule has 4 N–H and O–H groups in total. The van der Waals surface area contributed by atoms with Gasteiger partial charge in [0.1, 0.15) is 5.69 Å². The summed E-state index contributed by atoms with van der Waals surface area (Å²) in [5.74, 6) is -0.353. The molecule has 0 aromatic carbocycles. The van der Waals surface area contributed by atoms with Crippen molar-refractivity contribution in [2.24, 2.45) is 5.73 Å². The topological polar surface area (TPSA) is 114 Å². The number of sulfonamides is 1.